The number of nitrogens with zero attached hydrogens (tertiary/aromatic N) is 1. The van der Waals surface area contributed by atoms with Gasteiger partial charge in [0.15, 0.2) is 0 Å². The van der Waals surface area contributed by atoms with Crippen LogP contribution in [-0.4, -0.2) is 17.6 Å². The summed E-state index contributed by atoms with van der Waals surface area (Å²) >= 11 is 1.64. The Kier molecular flexibility index (Phi) is 7.15. The van der Waals surface area contributed by atoms with Crippen LogP contribution >= 0.6 is 11.8 Å². The van der Waals surface area contributed by atoms with Gasteiger partial charge in [0, 0.05) is 17.8 Å². The summed E-state index contributed by atoms with van der Waals surface area (Å²) in [5, 5.41) is 2.94. The molecule has 1 aliphatic rings. The highest BCUT2D eigenvalue weighted by atomic mass is 32.2. The molecule has 1 fully saturated rings. The molecule has 0 aromatic heterocycles. The van der Waals surface area contributed by atoms with Crippen LogP contribution in [0, 0.1) is 6.92 Å². The van der Waals surface area contributed by atoms with Crippen LogP contribution in [-0.2, 0) is 9.59 Å². The van der Waals surface area contributed by atoms with Crippen LogP contribution < -0.4 is 10.2 Å². The summed E-state index contributed by atoms with van der Waals surface area (Å²) in [6.07, 6.45) is 4.95. The third-order valence-electron chi connectivity index (χ3n) is 4.88. The molecule has 0 saturated carbocycles. The number of hydrogen-bond donors (Lipinski definition) is 1. The summed E-state index contributed by atoms with van der Waals surface area (Å²) in [7, 11) is 0. The molecule has 3 rings (SSSR count). The molecular formula is C23H28N2O2S. The van der Waals surface area contributed by atoms with Gasteiger partial charge < -0.3 is 5.32 Å². The highest BCUT2D eigenvalue weighted by Gasteiger charge is 2.34. The van der Waals surface area contributed by atoms with Gasteiger partial charge in [-0.3, -0.25) is 14.5 Å². The van der Waals surface area contributed by atoms with E-state index in [1.165, 1.54) is 12.8 Å². The third-order valence-corrected chi connectivity index (χ3v) is 6.10. The maximum atomic E-state index is 12.5. The average Bonchev–Trinajstić information content (AvgIpc) is 3.07. The summed E-state index contributed by atoms with van der Waals surface area (Å²) in [5.41, 5.74) is 3.95. The second-order valence-corrected chi connectivity index (χ2v) is 8.32. The van der Waals surface area contributed by atoms with Crippen LogP contribution in [0.15, 0.2) is 48.5 Å². The number of thioether (sulfide) groups is 1. The van der Waals surface area contributed by atoms with Crippen molar-refractivity contribution < 1.29 is 9.59 Å². The predicted octanol–water partition coefficient (Wildman–Crippen LogP) is 5.68. The van der Waals surface area contributed by atoms with Crippen molar-refractivity contribution in [1.82, 2.24) is 0 Å². The molecule has 0 unspecified atom stereocenters. The monoisotopic (exact) mass is 396 g/mol. The van der Waals surface area contributed by atoms with Gasteiger partial charge in [-0.2, -0.15) is 0 Å². The molecule has 0 spiro atoms. The van der Waals surface area contributed by atoms with Crippen molar-refractivity contribution in [2.75, 3.05) is 16.0 Å². The lowest BCUT2D eigenvalue weighted by Crippen LogP contribution is -2.27. The number of anilines is 2. The van der Waals surface area contributed by atoms with Gasteiger partial charge in [-0.15, -0.1) is 11.8 Å². The summed E-state index contributed by atoms with van der Waals surface area (Å²) in [5.74, 6) is 0.676. The predicted molar refractivity (Wildman–Crippen MR) is 118 cm³/mol. The number of amides is 2. The summed E-state index contributed by atoms with van der Waals surface area (Å²) in [4.78, 5) is 26.4. The number of carbonyl (C=O) groups is 2. The zero-order valence-electron chi connectivity index (χ0n) is 16.6. The van der Waals surface area contributed by atoms with E-state index >= 15 is 0 Å². The van der Waals surface area contributed by atoms with Crippen LogP contribution in [0.4, 0.5) is 11.4 Å². The van der Waals surface area contributed by atoms with E-state index in [9.17, 15) is 9.59 Å². The Hall–Kier alpha value is -2.27. The number of nitrogens with one attached hydrogen (secondary N) is 1. The molecule has 28 heavy (non-hydrogen) atoms. The molecule has 0 radical (unpaired) electrons. The lowest BCUT2D eigenvalue weighted by molar-refractivity contribution is -0.116. The van der Waals surface area contributed by atoms with Crippen molar-refractivity contribution in [1.29, 1.82) is 0 Å². The minimum Gasteiger partial charge on any atom is -0.326 e. The number of carbonyl (C=O) groups excluding carboxylic acids is 2. The zero-order chi connectivity index (χ0) is 19.9. The van der Waals surface area contributed by atoms with Gasteiger partial charge in [-0.25, -0.2) is 0 Å². The van der Waals surface area contributed by atoms with Gasteiger partial charge in [0.1, 0.15) is 5.37 Å². The average molecular weight is 397 g/mol. The van der Waals surface area contributed by atoms with Crippen LogP contribution in [0.1, 0.15) is 55.5 Å². The van der Waals surface area contributed by atoms with Crippen LogP contribution in [0.25, 0.3) is 0 Å². The lowest BCUT2D eigenvalue weighted by atomic mass is 10.1. The van der Waals surface area contributed by atoms with Gasteiger partial charge in [-0.05, 0) is 48.7 Å². The first-order valence-corrected chi connectivity index (χ1v) is 11.0. The molecule has 148 valence electrons. The Labute approximate surface area is 171 Å². The number of hydrogen-bond acceptors (Lipinski definition) is 3. The van der Waals surface area contributed by atoms with Crippen molar-refractivity contribution >= 4 is 35.0 Å². The maximum Gasteiger partial charge on any atom is 0.238 e. The van der Waals surface area contributed by atoms with Gasteiger partial charge in [0.05, 0.1) is 5.75 Å². The van der Waals surface area contributed by atoms with E-state index in [4.69, 9.17) is 0 Å². The molecule has 1 aliphatic heterocycles. The molecule has 2 amide bonds. The van der Waals surface area contributed by atoms with Gasteiger partial charge in [0.2, 0.25) is 11.8 Å². The highest BCUT2D eigenvalue weighted by Crippen LogP contribution is 2.42. The van der Waals surface area contributed by atoms with Crippen LogP contribution in [0.3, 0.4) is 0 Å². The molecule has 1 heterocycles. The van der Waals surface area contributed by atoms with Crippen molar-refractivity contribution in [3.8, 4) is 0 Å². The van der Waals surface area contributed by atoms with Gasteiger partial charge in [0.25, 0.3) is 0 Å². The Morgan fingerprint density at radius 3 is 2.64 bits per heavy atom. The summed E-state index contributed by atoms with van der Waals surface area (Å²) in [6, 6.07) is 15.9. The molecule has 1 N–H and O–H groups in total. The minimum absolute atomic E-state index is 0.0342. The Morgan fingerprint density at radius 2 is 1.93 bits per heavy atom. The van der Waals surface area contributed by atoms with E-state index in [1.54, 1.807) is 11.8 Å². The third kappa shape index (κ3) is 5.16. The molecule has 2 aromatic carbocycles. The quantitative estimate of drug-likeness (QED) is 0.584. The van der Waals surface area contributed by atoms with Crippen LogP contribution in [0.5, 0.6) is 0 Å². The Morgan fingerprint density at radius 1 is 1.14 bits per heavy atom. The fraction of sp³-hybridized carbons (Fsp3) is 0.391. The van der Waals surface area contributed by atoms with E-state index in [0.29, 0.717) is 12.2 Å². The standard InChI is InChI=1S/C23H28N2O2S/c1-3-4-5-6-10-21(26)24-19-13-11-18(12-14-19)23-25(22(27)16-28-23)20-9-7-8-17(2)15-20/h7-9,11-15,23H,3-6,10,16H2,1-2H3,(H,24,26)/t23-/m1/s1. The summed E-state index contributed by atoms with van der Waals surface area (Å²) < 4.78 is 0. The molecule has 4 nitrogen and oxygen atoms in total. The van der Waals surface area contributed by atoms with E-state index in [2.05, 4.69) is 12.2 Å². The SMILES string of the molecule is CCCCCCC(=O)Nc1ccc([C@H]2SCC(=O)N2c2cccc(C)c2)cc1. The number of benzene rings is 2. The fourth-order valence-corrected chi connectivity index (χ4v) is 4.57. The molecule has 1 saturated heterocycles. The van der Waals surface area contributed by atoms with E-state index < -0.39 is 0 Å². The Balaban J connectivity index is 1.65. The van der Waals surface area contributed by atoms with Crippen molar-refractivity contribution in [2.45, 2.75) is 51.3 Å². The Bertz CT molecular complexity index is 820. The molecule has 0 aliphatic carbocycles. The second kappa shape index (κ2) is 9.78. The normalized spacial score (nSPS) is 16.4. The maximum absolute atomic E-state index is 12.5. The van der Waals surface area contributed by atoms with Gasteiger partial charge >= 0.3 is 0 Å². The summed E-state index contributed by atoms with van der Waals surface area (Å²) in [6.45, 7) is 4.20. The smallest absolute Gasteiger partial charge is 0.238 e. The first-order valence-electron chi connectivity index (χ1n) is 9.98. The fourth-order valence-electron chi connectivity index (χ4n) is 3.39. The van der Waals surface area contributed by atoms with Crippen molar-refractivity contribution in [3.63, 3.8) is 0 Å². The number of unbranched alkanes of at least 4 members (excludes halogenated alkanes) is 3. The molecule has 1 atom stereocenters. The number of rotatable bonds is 8. The molecular weight excluding hydrogens is 368 g/mol. The highest BCUT2D eigenvalue weighted by molar-refractivity contribution is 8.00. The van der Waals surface area contributed by atoms with Crippen LogP contribution in [0.2, 0.25) is 0 Å². The van der Waals surface area contributed by atoms with Gasteiger partial charge in [-0.1, -0.05) is 50.5 Å². The van der Waals surface area contributed by atoms with Crippen molar-refractivity contribution in [2.24, 2.45) is 0 Å². The van der Waals surface area contributed by atoms with E-state index in [0.717, 1.165) is 35.3 Å². The first kappa shape index (κ1) is 20.5. The first-order chi connectivity index (χ1) is 13.6. The molecule has 0 bridgehead atoms. The lowest BCUT2D eigenvalue weighted by Gasteiger charge is -2.25. The largest absolute Gasteiger partial charge is 0.326 e. The number of aryl methyl sites for hydroxylation is 1. The molecule has 5 heteroatoms. The minimum atomic E-state index is -0.0342. The van der Waals surface area contributed by atoms with Crippen molar-refractivity contribution in [3.05, 3.63) is 59.7 Å². The second-order valence-electron chi connectivity index (χ2n) is 7.25. The zero-order valence-corrected chi connectivity index (χ0v) is 17.4. The molecule has 2 aromatic rings. The topological polar surface area (TPSA) is 49.4 Å². The van der Waals surface area contributed by atoms with E-state index in [-0.39, 0.29) is 17.2 Å². The van der Waals surface area contributed by atoms with E-state index in [1.807, 2.05) is 60.4 Å².